The van der Waals surface area contributed by atoms with Crippen LogP contribution in [0.15, 0.2) is 77.3 Å². The number of β-amino-alcohol motifs (C(OH)–C–C–N with tert-alkyl or cyclic N) is 1. The van der Waals surface area contributed by atoms with Crippen LogP contribution < -0.4 is 71.8 Å². The normalized spacial score (nSPS) is 21.1. The molecular weight excluding hydrogens is 1170 g/mol. The van der Waals surface area contributed by atoms with Crippen LogP contribution in [0.25, 0.3) is 22.6 Å². The summed E-state index contributed by atoms with van der Waals surface area (Å²) in [6.45, 7) is 1.84. The molecule has 34 heteroatoms. The van der Waals surface area contributed by atoms with Crippen molar-refractivity contribution in [3.63, 3.8) is 0 Å². The summed E-state index contributed by atoms with van der Waals surface area (Å²) in [7, 11) is -4.15. The summed E-state index contributed by atoms with van der Waals surface area (Å²) in [6.07, 6.45) is -16.1. The predicted molar refractivity (Wildman–Crippen MR) is 288 cm³/mol. The third-order valence-corrected chi connectivity index (χ3v) is 14.6. The molecular formula is C52H65N10NaO22S. The Balaban J connectivity index is 0.0000135. The summed E-state index contributed by atoms with van der Waals surface area (Å²) in [6, 6.07) is 3.66. The average Bonchev–Trinajstić information content (AvgIpc) is 1.93. The zero-order valence-electron chi connectivity index (χ0n) is 46.4. The average molecular weight is 1240 g/mol. The van der Waals surface area contributed by atoms with E-state index in [9.17, 15) is 97.3 Å². The Morgan fingerprint density at radius 2 is 1.47 bits per heavy atom. The number of likely N-dealkylation sites (N-methyl/N-ethyl adjacent to an activating group) is 1. The summed E-state index contributed by atoms with van der Waals surface area (Å²) in [5.41, 5.74) is 12.4. The molecule has 18 N–H and O–H groups in total. The van der Waals surface area contributed by atoms with E-state index in [1.54, 1.807) is 25.1 Å². The second-order valence-corrected chi connectivity index (χ2v) is 21.4. The first kappa shape index (κ1) is 69.6. The Morgan fingerprint density at radius 1 is 0.837 bits per heavy atom. The van der Waals surface area contributed by atoms with Gasteiger partial charge in [-0.2, -0.15) is 0 Å². The molecule has 0 saturated carbocycles. The van der Waals surface area contributed by atoms with Gasteiger partial charge in [0.1, 0.15) is 72.3 Å². The molecule has 6 rings (SSSR count). The number of amides is 7. The number of carbonyl (C=O) groups excluding carboxylic acids is 8. The summed E-state index contributed by atoms with van der Waals surface area (Å²) in [5, 5.41) is 112. The van der Waals surface area contributed by atoms with E-state index in [1.165, 1.54) is 43.4 Å². The van der Waals surface area contributed by atoms with Crippen molar-refractivity contribution in [1.82, 2.24) is 41.5 Å². The second kappa shape index (κ2) is 29.9. The number of aromatic hydroxyl groups is 2. The molecule has 3 heterocycles. The Morgan fingerprint density at radius 3 is 2.06 bits per heavy atom. The maximum atomic E-state index is 14.4. The zero-order valence-corrected chi connectivity index (χ0v) is 49.3. The van der Waals surface area contributed by atoms with Crippen molar-refractivity contribution in [2.75, 3.05) is 20.1 Å². The van der Waals surface area contributed by atoms with Gasteiger partial charge in [-0.15, -0.1) is 0 Å². The van der Waals surface area contributed by atoms with Gasteiger partial charge >= 0.3 is 29.6 Å². The van der Waals surface area contributed by atoms with Gasteiger partial charge in [0.15, 0.2) is 23.5 Å². The van der Waals surface area contributed by atoms with Gasteiger partial charge in [0.2, 0.25) is 35.4 Å². The number of carbonyl (C=O) groups is 8. The van der Waals surface area contributed by atoms with Gasteiger partial charge in [-0.1, -0.05) is 30.3 Å². The van der Waals surface area contributed by atoms with Crippen molar-refractivity contribution < 1.29 is 136 Å². The molecule has 2 aliphatic rings. The molecule has 0 bridgehead atoms. The summed E-state index contributed by atoms with van der Waals surface area (Å²) in [4.78, 5) is 110. The van der Waals surface area contributed by atoms with Crippen molar-refractivity contribution in [2.24, 2.45) is 17.4 Å². The van der Waals surface area contributed by atoms with Crippen molar-refractivity contribution in [2.45, 2.75) is 118 Å². The minimum atomic E-state index is -5.45. The minimum absolute atomic E-state index is 0. The second-order valence-electron chi connectivity index (χ2n) is 20.4. The summed E-state index contributed by atoms with van der Waals surface area (Å²) in [5.74, 6) is -9.83. The standard InChI is InChI=1S/C52H66N10O22S.Na/c1-22-19-62(52(79)42(55-3)35(68)18-39(53)70)43(40(22)54)50(77)59-49(76)36(69)16-31(56-46(73)26-6-4-24(5-7-26)30-17-37(83-60-30)25-8-11-28(65)12-9-25)47(74)58-41(23(2)64)51(78)61-20-29(66)15-33(61)48(75)57-32(21-63)45(72)44(71)27-10-13-34(67)38(14-27)84-85(80,81)82;/h4-14,17,21-23,29,31-33,35-36,40-45,49,55,64-69,71-72,76H,15-16,18-20,54H2,1-3H3,(H2,53,70)(H,56,73)(H,57,75)(H,58,74)(H,59,77)(H,80,81,82);/q;+1/p-1. The molecule has 0 radical (unpaired) electrons. The van der Waals surface area contributed by atoms with Gasteiger partial charge in [0.25, 0.3) is 16.3 Å². The van der Waals surface area contributed by atoms with Crippen LogP contribution in [0.4, 0.5) is 0 Å². The molecule has 3 aromatic carbocycles. The SMILES string of the molecule is CNC(C(=O)N1CC(C)C(N)C1C(=O)NC(O)C(O)CC(NC(=O)c1ccc(-c2cc(-c3ccc(O)cc3)on2)cc1)C(=O)NC(C(=O)N1CC(O)CC1C(=O)NC(C=O)C(O)C(O)c1ccc(O)c(OS(=O)(=O)[O-])c1)C(C)O)C(O)CC(N)=O.[Na+]. The van der Waals surface area contributed by atoms with Crippen LogP contribution in [0.1, 0.15) is 55.1 Å². The number of aliphatic hydroxyl groups is 7. The first-order valence-corrected chi connectivity index (χ1v) is 27.4. The third-order valence-electron chi connectivity index (χ3n) is 14.2. The maximum absolute atomic E-state index is 14.4. The van der Waals surface area contributed by atoms with E-state index >= 15 is 0 Å². The van der Waals surface area contributed by atoms with Crippen LogP contribution in [-0.2, 0) is 44.0 Å². The predicted octanol–water partition coefficient (Wildman–Crippen LogP) is -8.85. The largest absolute Gasteiger partial charge is 1.00 e. The van der Waals surface area contributed by atoms with Crippen LogP contribution >= 0.6 is 0 Å². The fraction of sp³-hybridized carbons (Fsp3) is 0.442. The molecule has 15 unspecified atom stereocenters. The van der Waals surface area contributed by atoms with Crippen molar-refractivity contribution in [3.05, 3.63) is 83.9 Å². The van der Waals surface area contributed by atoms with Crippen LogP contribution in [0.5, 0.6) is 17.2 Å². The fourth-order valence-electron chi connectivity index (χ4n) is 9.60. The first-order chi connectivity index (χ1) is 39.9. The quantitative estimate of drug-likeness (QED) is 0.00913. The Kier molecular flexibility index (Phi) is 24.2. The van der Waals surface area contributed by atoms with Gasteiger partial charge < -0.3 is 112 Å². The van der Waals surface area contributed by atoms with E-state index in [2.05, 4.69) is 35.9 Å². The number of primary amides is 1. The number of nitrogens with two attached hydrogens (primary N) is 2. The van der Waals surface area contributed by atoms with Gasteiger partial charge in [0.05, 0.1) is 24.7 Å². The van der Waals surface area contributed by atoms with Gasteiger partial charge in [-0.05, 0) is 74.0 Å². The molecule has 86 heavy (non-hydrogen) atoms. The Labute approximate surface area is 512 Å². The number of hydrogen-bond donors (Lipinski definition) is 16. The smallest absolute Gasteiger partial charge is 0.716 e. The van der Waals surface area contributed by atoms with Crippen molar-refractivity contribution in [1.29, 1.82) is 0 Å². The molecule has 2 saturated heterocycles. The molecule has 15 atom stereocenters. The number of likely N-dealkylation sites (tertiary alicyclic amines) is 2. The number of nitrogens with one attached hydrogen (secondary N) is 5. The topological polar surface area (TPSA) is 530 Å². The number of aliphatic hydroxyl groups excluding tert-OH is 7. The minimum Gasteiger partial charge on any atom is -0.716 e. The molecule has 32 nitrogen and oxygen atoms in total. The molecule has 1 aromatic heterocycles. The van der Waals surface area contributed by atoms with E-state index in [4.69, 9.17) is 16.0 Å². The maximum Gasteiger partial charge on any atom is 1.00 e. The number of benzene rings is 3. The molecule has 2 fully saturated rings. The molecule has 0 aliphatic carbocycles. The molecule has 462 valence electrons. The zero-order chi connectivity index (χ0) is 62.9. The van der Waals surface area contributed by atoms with Gasteiger partial charge in [-0.25, -0.2) is 8.42 Å². The van der Waals surface area contributed by atoms with Gasteiger partial charge in [-0.3, -0.25) is 33.6 Å². The summed E-state index contributed by atoms with van der Waals surface area (Å²) < 4.78 is 43.0. The van der Waals surface area contributed by atoms with Crippen LogP contribution in [0.3, 0.4) is 0 Å². The number of phenols is 2. The summed E-state index contributed by atoms with van der Waals surface area (Å²) >= 11 is 0. The molecule has 0 spiro atoms. The monoisotopic (exact) mass is 1240 g/mol. The van der Waals surface area contributed by atoms with E-state index in [1.807, 2.05) is 0 Å². The molecule has 4 aromatic rings. The Hall–Kier alpha value is -7.22. The van der Waals surface area contributed by atoms with E-state index < -0.39 is 186 Å². The number of aldehydes is 1. The number of nitrogens with zero attached hydrogens (tertiary/aromatic N) is 3. The number of rotatable bonds is 26. The number of phenolic OH excluding ortho intramolecular Hbond substituents is 2. The van der Waals surface area contributed by atoms with Crippen LogP contribution in [0.2, 0.25) is 0 Å². The number of hydrogen-bond acceptors (Lipinski definition) is 25. The fourth-order valence-corrected chi connectivity index (χ4v) is 9.95. The first-order valence-electron chi connectivity index (χ1n) is 26.0. The van der Waals surface area contributed by atoms with Crippen molar-refractivity contribution >= 4 is 58.0 Å². The van der Waals surface area contributed by atoms with Crippen LogP contribution in [0, 0.1) is 5.92 Å². The molecule has 7 amide bonds. The van der Waals surface area contributed by atoms with E-state index in [-0.39, 0.29) is 53.7 Å². The molecule has 2 aliphatic heterocycles. The van der Waals surface area contributed by atoms with Crippen LogP contribution in [-0.4, -0.2) is 221 Å². The van der Waals surface area contributed by atoms with Gasteiger partial charge in [0, 0.05) is 54.7 Å². The third kappa shape index (κ3) is 17.3. The number of aromatic nitrogens is 1. The van der Waals surface area contributed by atoms with Crippen molar-refractivity contribution in [3.8, 4) is 39.8 Å². The van der Waals surface area contributed by atoms with E-state index in [0.29, 0.717) is 33.5 Å². The van der Waals surface area contributed by atoms with E-state index in [0.717, 1.165) is 24.0 Å². The Bertz CT molecular complexity index is 3200.